The van der Waals surface area contributed by atoms with Crippen LogP contribution in [0.5, 0.6) is 0 Å². The topological polar surface area (TPSA) is 9.86 Å². The number of para-hydroxylation sites is 6. The molecule has 2 aromatic heterocycles. The highest BCUT2D eigenvalue weighted by Gasteiger charge is 2.55. The molecule has 0 N–H and O–H groups in total. The van der Waals surface area contributed by atoms with Gasteiger partial charge in [0.05, 0.1) is 44.3 Å². The van der Waals surface area contributed by atoms with Gasteiger partial charge in [-0.25, -0.2) is 0 Å². The van der Waals surface area contributed by atoms with Gasteiger partial charge in [-0.2, -0.15) is 0 Å². The molecule has 3 heteroatoms. The maximum absolute atomic E-state index is 3.14. The molecule has 2 spiro atoms. The predicted molar refractivity (Wildman–Crippen MR) is 431 cm³/mol. The largest absolute Gasteiger partial charge is 0.308 e. The minimum Gasteiger partial charge on any atom is -0.308 e. The summed E-state index contributed by atoms with van der Waals surface area (Å²) in [5, 5.41) is 15.5. The van der Waals surface area contributed by atoms with Crippen molar-refractivity contribution in [1.29, 1.82) is 0 Å². The van der Waals surface area contributed by atoms with Crippen molar-refractivity contribution in [2.75, 3.05) is 0 Å². The van der Waals surface area contributed by atoms with Crippen LogP contribution >= 0.6 is 0 Å². The molecule has 474 valence electrons. The van der Waals surface area contributed by atoms with Crippen LogP contribution in [0.15, 0.2) is 364 Å². The summed E-state index contributed by atoms with van der Waals surface area (Å²) in [5.41, 5.74) is 31.7. The van der Waals surface area contributed by atoms with Crippen LogP contribution in [-0.4, -0.2) is 17.2 Å². The zero-order valence-electron chi connectivity index (χ0n) is 56.0. The van der Waals surface area contributed by atoms with Crippen molar-refractivity contribution >= 4 is 94.0 Å². The molecule has 0 saturated carbocycles. The standard InChI is InChI=1S/C100H60N2Si/c1-3-28-61(29-4-1)103(62-30-5-2-6-31-62)92-59-20-13-38-71(92)78-47-23-48-79(98(78)103)93-72-41-21-39-63(74-43-24-53-86-94(74)101-90-57-18-11-36-69(90)76-45-26-55-88(96(76)101)99(86)82-49-14-7-32-65(82)66-33-8-15-50-83(66)99)80(72)60-81-64(40-22-42-73(81)93)75-44-25-54-87-95(75)102-91-58-19-12-37-70(91)77-46-27-56-89(97(77)102)100(87)84-51-16-9-34-67(84)68-35-10-17-52-85(68)100/h1-60H. The first-order chi connectivity index (χ1) is 51.2. The van der Waals surface area contributed by atoms with E-state index in [1.807, 2.05) is 0 Å². The summed E-state index contributed by atoms with van der Waals surface area (Å²) >= 11 is 0. The molecule has 5 aliphatic rings. The van der Waals surface area contributed by atoms with Gasteiger partial charge >= 0.3 is 0 Å². The molecule has 19 aromatic rings. The molecule has 0 saturated heterocycles. The zero-order chi connectivity index (χ0) is 67.0. The molecule has 0 amide bonds. The highest BCUT2D eigenvalue weighted by atomic mass is 28.3. The Morgan fingerprint density at radius 3 is 1.01 bits per heavy atom. The molecule has 3 aliphatic heterocycles. The van der Waals surface area contributed by atoms with E-state index in [0.29, 0.717) is 0 Å². The van der Waals surface area contributed by atoms with Crippen molar-refractivity contribution in [3.63, 3.8) is 0 Å². The van der Waals surface area contributed by atoms with E-state index in [2.05, 4.69) is 373 Å². The molecule has 2 aliphatic carbocycles. The first-order valence-corrected chi connectivity index (χ1v) is 38.2. The third-order valence-electron chi connectivity index (χ3n) is 24.8. The van der Waals surface area contributed by atoms with Crippen LogP contribution in [0.25, 0.3) is 143 Å². The zero-order valence-corrected chi connectivity index (χ0v) is 57.0. The van der Waals surface area contributed by atoms with Crippen molar-refractivity contribution in [3.05, 3.63) is 408 Å². The van der Waals surface area contributed by atoms with Gasteiger partial charge in [0.25, 0.3) is 0 Å². The molecule has 2 nitrogen and oxygen atoms in total. The first kappa shape index (κ1) is 55.9. The molecule has 0 atom stereocenters. The third kappa shape index (κ3) is 6.68. The molecule has 5 heterocycles. The Morgan fingerprint density at radius 2 is 0.524 bits per heavy atom. The fourth-order valence-corrected chi connectivity index (χ4v) is 26.7. The Labute approximate surface area is 596 Å². The molecule has 17 aromatic carbocycles. The van der Waals surface area contributed by atoms with Crippen LogP contribution < -0.4 is 20.7 Å². The van der Waals surface area contributed by atoms with E-state index in [1.54, 1.807) is 0 Å². The van der Waals surface area contributed by atoms with Gasteiger partial charge in [0.15, 0.2) is 8.07 Å². The van der Waals surface area contributed by atoms with Gasteiger partial charge < -0.3 is 9.13 Å². The normalized spacial score (nSPS) is 14.4. The number of benzene rings is 17. The van der Waals surface area contributed by atoms with Gasteiger partial charge in [-0.15, -0.1) is 0 Å². The third-order valence-corrected chi connectivity index (χ3v) is 29.7. The Kier molecular flexibility index (Phi) is 10.9. The average molecular weight is 1320 g/mol. The van der Waals surface area contributed by atoms with E-state index in [-0.39, 0.29) is 0 Å². The smallest absolute Gasteiger partial charge is 0.181 e. The second kappa shape index (κ2) is 20.2. The number of nitrogens with zero attached hydrogens (tertiary/aromatic N) is 2. The molecule has 0 bridgehead atoms. The summed E-state index contributed by atoms with van der Waals surface area (Å²) in [6.45, 7) is 0. The van der Waals surface area contributed by atoms with Crippen LogP contribution in [0.2, 0.25) is 0 Å². The van der Waals surface area contributed by atoms with Crippen molar-refractivity contribution in [3.8, 4) is 78.1 Å². The second-order valence-electron chi connectivity index (χ2n) is 29.0. The molecule has 103 heavy (non-hydrogen) atoms. The van der Waals surface area contributed by atoms with E-state index in [4.69, 9.17) is 0 Å². The van der Waals surface area contributed by atoms with E-state index < -0.39 is 18.9 Å². The molecular weight excluding hydrogens is 1260 g/mol. The van der Waals surface area contributed by atoms with Gasteiger partial charge in [0.1, 0.15) is 0 Å². The monoisotopic (exact) mass is 1320 g/mol. The lowest BCUT2D eigenvalue weighted by Crippen LogP contribution is -2.73. The van der Waals surface area contributed by atoms with Crippen molar-refractivity contribution in [2.24, 2.45) is 0 Å². The second-order valence-corrected chi connectivity index (χ2v) is 32.7. The Morgan fingerprint density at radius 1 is 0.204 bits per heavy atom. The maximum Gasteiger partial charge on any atom is 0.181 e. The van der Waals surface area contributed by atoms with E-state index in [9.17, 15) is 0 Å². The van der Waals surface area contributed by atoms with Crippen LogP contribution in [0.1, 0.15) is 44.5 Å². The lowest BCUT2D eigenvalue weighted by molar-refractivity contribution is 0.749. The van der Waals surface area contributed by atoms with E-state index >= 15 is 0 Å². The van der Waals surface area contributed by atoms with Crippen LogP contribution in [0, 0.1) is 0 Å². The quantitative estimate of drug-likeness (QED) is 0.120. The highest BCUT2D eigenvalue weighted by molar-refractivity contribution is 7.22. The summed E-state index contributed by atoms with van der Waals surface area (Å²) in [4.78, 5) is 0. The molecule has 0 radical (unpaired) electrons. The van der Waals surface area contributed by atoms with Crippen LogP contribution in [-0.2, 0) is 10.8 Å². The fourth-order valence-electron chi connectivity index (χ4n) is 21.3. The number of rotatable bonds is 5. The lowest BCUT2D eigenvalue weighted by atomic mass is 9.64. The first-order valence-electron chi connectivity index (χ1n) is 36.2. The molecule has 24 rings (SSSR count). The van der Waals surface area contributed by atoms with E-state index in [0.717, 1.165) is 0 Å². The van der Waals surface area contributed by atoms with Crippen LogP contribution in [0.3, 0.4) is 0 Å². The molecular formula is C100H60N2Si. The molecule has 0 unspecified atom stereocenters. The van der Waals surface area contributed by atoms with Gasteiger partial charge in [0.2, 0.25) is 0 Å². The average Bonchev–Trinajstić information content (AvgIpc) is 1.49. The van der Waals surface area contributed by atoms with Gasteiger partial charge in [-0.3, -0.25) is 0 Å². The minimum atomic E-state index is -3.14. The summed E-state index contributed by atoms with van der Waals surface area (Å²) in [5.74, 6) is 0. The van der Waals surface area contributed by atoms with Gasteiger partial charge in [-0.05, 0) is 161 Å². The van der Waals surface area contributed by atoms with Gasteiger partial charge in [-0.1, -0.05) is 346 Å². The number of hydrogen-bond donors (Lipinski definition) is 0. The maximum atomic E-state index is 2.66. The SMILES string of the molecule is c1ccc([Si]2(c3ccccc3)c3ccccc3-c3cccc(-c4c5cccc(-c6cccc7c6-n6c8ccccc8c8cccc(c86)C76c7ccccc7-c7ccccc76)c5cc5c(-c6cccc7c6-n6c8ccccc8c8cccc(c86)C76c7ccccc7-c7ccccc76)cccc45)c32)cc1. The number of fused-ring (bicyclic) bond motifs is 29. The molecule has 0 fully saturated rings. The van der Waals surface area contributed by atoms with Crippen molar-refractivity contribution < 1.29 is 0 Å². The Balaban J connectivity index is 0.876. The van der Waals surface area contributed by atoms with Gasteiger partial charge in [0, 0.05) is 32.7 Å². The summed E-state index contributed by atoms with van der Waals surface area (Å²) in [6.07, 6.45) is 0. The lowest BCUT2D eigenvalue weighted by Gasteiger charge is -2.40. The van der Waals surface area contributed by atoms with Crippen molar-refractivity contribution in [2.45, 2.75) is 10.8 Å². The Hall–Kier alpha value is -12.9. The number of hydrogen-bond acceptors (Lipinski definition) is 0. The van der Waals surface area contributed by atoms with E-state index in [1.165, 1.54) is 209 Å². The minimum absolute atomic E-state index is 0.628. The van der Waals surface area contributed by atoms with Crippen LogP contribution in [0.4, 0.5) is 0 Å². The number of aromatic nitrogens is 2. The fraction of sp³-hybridized carbons (Fsp3) is 0.0200. The highest BCUT2D eigenvalue weighted by Crippen LogP contribution is 2.65. The summed E-state index contributed by atoms with van der Waals surface area (Å²) in [6, 6.07) is 141. The van der Waals surface area contributed by atoms with Crippen molar-refractivity contribution in [1.82, 2.24) is 9.13 Å². The predicted octanol–water partition coefficient (Wildman–Crippen LogP) is 21.9. The summed E-state index contributed by atoms with van der Waals surface area (Å²) < 4.78 is 5.33. The summed E-state index contributed by atoms with van der Waals surface area (Å²) in [7, 11) is -3.14. The Bertz CT molecular complexity index is 6550.